The predicted octanol–water partition coefficient (Wildman–Crippen LogP) is 1.14. The van der Waals surface area contributed by atoms with Gasteiger partial charge in [0.15, 0.2) is 0 Å². The lowest BCUT2D eigenvalue weighted by Crippen LogP contribution is -2.19. The van der Waals surface area contributed by atoms with Gasteiger partial charge in [-0.25, -0.2) is 4.68 Å². The maximum absolute atomic E-state index is 5.94. The second-order valence-corrected chi connectivity index (χ2v) is 4.66. The number of aromatic nitrogens is 2. The SMILES string of the molecule is CCSc1cnn(CCN(C)C)c1N. The maximum atomic E-state index is 5.94. The second-order valence-electron chi connectivity index (χ2n) is 3.35. The van der Waals surface area contributed by atoms with E-state index >= 15 is 0 Å². The van der Waals surface area contributed by atoms with Crippen molar-refractivity contribution in [2.75, 3.05) is 32.1 Å². The molecule has 0 unspecified atom stereocenters. The summed E-state index contributed by atoms with van der Waals surface area (Å²) in [5, 5.41) is 4.25. The summed E-state index contributed by atoms with van der Waals surface area (Å²) in [6.45, 7) is 3.92. The fourth-order valence-corrected chi connectivity index (χ4v) is 1.80. The zero-order valence-corrected chi connectivity index (χ0v) is 9.84. The van der Waals surface area contributed by atoms with E-state index in [0.717, 1.165) is 29.6 Å². The van der Waals surface area contributed by atoms with E-state index in [1.807, 2.05) is 25.0 Å². The minimum atomic E-state index is 0.790. The van der Waals surface area contributed by atoms with Gasteiger partial charge >= 0.3 is 0 Å². The fourth-order valence-electron chi connectivity index (χ4n) is 1.12. The zero-order valence-electron chi connectivity index (χ0n) is 9.03. The third kappa shape index (κ3) is 2.92. The minimum absolute atomic E-state index is 0.790. The van der Waals surface area contributed by atoms with Crippen LogP contribution in [0.3, 0.4) is 0 Å². The van der Waals surface area contributed by atoms with Crippen LogP contribution < -0.4 is 5.73 Å². The van der Waals surface area contributed by atoms with Crippen LogP contribution in [-0.4, -0.2) is 41.1 Å². The van der Waals surface area contributed by atoms with E-state index in [1.54, 1.807) is 11.8 Å². The van der Waals surface area contributed by atoms with E-state index in [2.05, 4.69) is 16.9 Å². The summed E-state index contributed by atoms with van der Waals surface area (Å²) in [4.78, 5) is 3.21. The maximum Gasteiger partial charge on any atom is 0.135 e. The van der Waals surface area contributed by atoms with E-state index in [9.17, 15) is 0 Å². The van der Waals surface area contributed by atoms with Crippen molar-refractivity contribution < 1.29 is 0 Å². The first-order chi connectivity index (χ1) is 6.65. The van der Waals surface area contributed by atoms with Gasteiger partial charge in [-0.2, -0.15) is 5.10 Å². The molecule has 80 valence electrons. The van der Waals surface area contributed by atoms with Crippen LogP contribution in [-0.2, 0) is 6.54 Å². The van der Waals surface area contributed by atoms with Crippen LogP contribution in [0.1, 0.15) is 6.92 Å². The van der Waals surface area contributed by atoms with Crippen LogP contribution in [0.5, 0.6) is 0 Å². The Morgan fingerprint density at radius 2 is 2.29 bits per heavy atom. The van der Waals surface area contributed by atoms with Crippen molar-refractivity contribution in [3.05, 3.63) is 6.20 Å². The molecular formula is C9H18N4S. The first kappa shape index (κ1) is 11.4. The van der Waals surface area contributed by atoms with Crippen molar-refractivity contribution in [1.29, 1.82) is 0 Å². The van der Waals surface area contributed by atoms with Gasteiger partial charge in [-0.1, -0.05) is 6.92 Å². The first-order valence-electron chi connectivity index (χ1n) is 4.74. The van der Waals surface area contributed by atoms with Gasteiger partial charge in [0.2, 0.25) is 0 Å². The molecule has 0 aliphatic carbocycles. The van der Waals surface area contributed by atoms with Crippen LogP contribution in [0, 0.1) is 0 Å². The number of nitrogen functional groups attached to an aromatic ring is 1. The Kier molecular flexibility index (Phi) is 4.28. The van der Waals surface area contributed by atoms with Crippen LogP contribution in [0.4, 0.5) is 5.82 Å². The summed E-state index contributed by atoms with van der Waals surface area (Å²) < 4.78 is 1.86. The summed E-state index contributed by atoms with van der Waals surface area (Å²) in [5.41, 5.74) is 5.94. The highest BCUT2D eigenvalue weighted by Crippen LogP contribution is 2.23. The van der Waals surface area contributed by atoms with E-state index < -0.39 is 0 Å². The monoisotopic (exact) mass is 214 g/mol. The Hall–Kier alpha value is -0.680. The van der Waals surface area contributed by atoms with Crippen LogP contribution >= 0.6 is 11.8 Å². The van der Waals surface area contributed by atoms with Crippen LogP contribution in [0.2, 0.25) is 0 Å². The number of hydrogen-bond acceptors (Lipinski definition) is 4. The normalized spacial score (nSPS) is 11.1. The van der Waals surface area contributed by atoms with Crippen molar-refractivity contribution in [1.82, 2.24) is 14.7 Å². The number of rotatable bonds is 5. The number of likely N-dealkylation sites (N-methyl/N-ethyl adjacent to an activating group) is 1. The van der Waals surface area contributed by atoms with Gasteiger partial charge in [-0.05, 0) is 19.8 Å². The Labute approximate surface area is 89.5 Å². The summed E-state index contributed by atoms with van der Waals surface area (Å²) in [7, 11) is 4.09. The lowest BCUT2D eigenvalue weighted by molar-refractivity contribution is 0.375. The third-order valence-corrected chi connectivity index (χ3v) is 2.82. The first-order valence-corrected chi connectivity index (χ1v) is 5.72. The molecule has 0 aromatic carbocycles. The van der Waals surface area contributed by atoms with Crippen molar-refractivity contribution in [3.8, 4) is 0 Å². The molecule has 1 rings (SSSR count). The van der Waals surface area contributed by atoms with Gasteiger partial charge in [-0.3, -0.25) is 0 Å². The highest BCUT2D eigenvalue weighted by Gasteiger charge is 2.06. The molecule has 0 saturated heterocycles. The quantitative estimate of drug-likeness (QED) is 0.747. The molecule has 0 fully saturated rings. The molecule has 14 heavy (non-hydrogen) atoms. The summed E-state index contributed by atoms with van der Waals surface area (Å²) in [6, 6.07) is 0. The van der Waals surface area contributed by atoms with Gasteiger partial charge < -0.3 is 10.6 Å². The lowest BCUT2D eigenvalue weighted by atomic mass is 10.5. The van der Waals surface area contributed by atoms with Crippen LogP contribution in [0.15, 0.2) is 11.1 Å². The standard InChI is InChI=1S/C9H18N4S/c1-4-14-8-7-11-13(9(8)10)6-5-12(2)3/h7H,4-6,10H2,1-3H3. The van der Waals surface area contributed by atoms with E-state index in [1.165, 1.54) is 0 Å². The number of nitrogens with zero attached hydrogens (tertiary/aromatic N) is 3. The molecular weight excluding hydrogens is 196 g/mol. The highest BCUT2D eigenvalue weighted by molar-refractivity contribution is 7.99. The van der Waals surface area contributed by atoms with Gasteiger partial charge in [0.1, 0.15) is 5.82 Å². The molecule has 0 amide bonds. The molecule has 2 N–H and O–H groups in total. The van der Waals surface area contributed by atoms with Gasteiger partial charge in [-0.15, -0.1) is 11.8 Å². The largest absolute Gasteiger partial charge is 0.383 e. The number of hydrogen-bond donors (Lipinski definition) is 1. The number of thioether (sulfide) groups is 1. The third-order valence-electron chi connectivity index (χ3n) is 1.90. The lowest BCUT2D eigenvalue weighted by Gasteiger charge is -2.10. The molecule has 0 spiro atoms. The molecule has 0 bridgehead atoms. The Balaban J connectivity index is 2.60. The number of anilines is 1. The summed E-state index contributed by atoms with van der Waals surface area (Å²) >= 11 is 1.74. The predicted molar refractivity (Wildman–Crippen MR) is 61.6 cm³/mol. The number of nitrogens with two attached hydrogens (primary N) is 1. The molecule has 1 aromatic heterocycles. The molecule has 5 heteroatoms. The second kappa shape index (κ2) is 5.26. The Morgan fingerprint density at radius 3 is 2.86 bits per heavy atom. The average molecular weight is 214 g/mol. The average Bonchev–Trinajstić information content (AvgIpc) is 2.46. The molecule has 0 aliphatic heterocycles. The molecule has 0 aliphatic rings. The molecule has 0 saturated carbocycles. The van der Waals surface area contributed by atoms with Crippen LogP contribution in [0.25, 0.3) is 0 Å². The smallest absolute Gasteiger partial charge is 0.135 e. The topological polar surface area (TPSA) is 47.1 Å². The van der Waals surface area contributed by atoms with Crippen molar-refractivity contribution in [3.63, 3.8) is 0 Å². The Morgan fingerprint density at radius 1 is 1.57 bits per heavy atom. The van der Waals surface area contributed by atoms with E-state index in [-0.39, 0.29) is 0 Å². The van der Waals surface area contributed by atoms with Crippen molar-refractivity contribution >= 4 is 17.6 Å². The summed E-state index contributed by atoms with van der Waals surface area (Å²) in [5.74, 6) is 1.82. The summed E-state index contributed by atoms with van der Waals surface area (Å²) in [6.07, 6.45) is 1.85. The van der Waals surface area contributed by atoms with Crippen molar-refractivity contribution in [2.45, 2.75) is 18.4 Å². The molecule has 0 atom stereocenters. The highest BCUT2D eigenvalue weighted by atomic mass is 32.2. The van der Waals surface area contributed by atoms with Crippen molar-refractivity contribution in [2.24, 2.45) is 0 Å². The van der Waals surface area contributed by atoms with Gasteiger partial charge in [0.25, 0.3) is 0 Å². The zero-order chi connectivity index (χ0) is 10.6. The van der Waals surface area contributed by atoms with Gasteiger partial charge in [0, 0.05) is 6.54 Å². The molecule has 4 nitrogen and oxygen atoms in total. The molecule has 0 radical (unpaired) electrons. The van der Waals surface area contributed by atoms with E-state index in [4.69, 9.17) is 5.73 Å². The van der Waals surface area contributed by atoms with Gasteiger partial charge in [0.05, 0.1) is 17.6 Å². The Bertz CT molecular complexity index is 282. The fraction of sp³-hybridized carbons (Fsp3) is 0.667. The molecule has 1 heterocycles. The van der Waals surface area contributed by atoms with E-state index in [0.29, 0.717) is 0 Å². The minimum Gasteiger partial charge on any atom is -0.383 e. The molecule has 1 aromatic rings.